The number of aromatic nitrogens is 3. The number of fused-ring (bicyclic) bond motifs is 1. The van der Waals surface area contributed by atoms with Crippen LogP contribution in [0.25, 0.3) is 11.0 Å². The Bertz CT molecular complexity index is 582. The maximum absolute atomic E-state index is 5.85. The molecule has 7 heteroatoms. The molecule has 2 aromatic heterocycles. The highest BCUT2D eigenvalue weighted by Crippen LogP contribution is 2.26. The van der Waals surface area contributed by atoms with Crippen molar-refractivity contribution in [2.24, 2.45) is 0 Å². The minimum Gasteiger partial charge on any atom is -0.361 e. The lowest BCUT2D eigenvalue weighted by Crippen LogP contribution is -2.22. The van der Waals surface area contributed by atoms with Gasteiger partial charge in [0.1, 0.15) is 6.73 Å². The quantitative estimate of drug-likeness (QED) is 0.592. The second kappa shape index (κ2) is 5.91. The van der Waals surface area contributed by atoms with Gasteiger partial charge in [0.05, 0.1) is 0 Å². The van der Waals surface area contributed by atoms with Gasteiger partial charge in [-0.3, -0.25) is 0 Å². The molecular weight excluding hydrogens is 346 g/mol. The number of rotatable bonds is 5. The molecule has 104 valence electrons. The van der Waals surface area contributed by atoms with Gasteiger partial charge in [-0.15, -0.1) is 10.2 Å². The van der Waals surface area contributed by atoms with Crippen molar-refractivity contribution in [1.29, 1.82) is 0 Å². The van der Waals surface area contributed by atoms with E-state index in [1.807, 2.05) is 10.8 Å². The van der Waals surface area contributed by atoms with Gasteiger partial charge in [0.15, 0.2) is 10.8 Å². The summed E-state index contributed by atoms with van der Waals surface area (Å²) in [5.41, 5.74) is 0.782. The minimum absolute atomic E-state index is 0.394. The monoisotopic (exact) mass is 361 g/mol. The molecule has 4 nitrogen and oxygen atoms in total. The van der Waals surface area contributed by atoms with Crippen LogP contribution in [0.3, 0.4) is 0 Å². The number of halogens is 2. The second-order valence-corrected chi connectivity index (χ2v) is 12.6. The molecule has 0 aromatic carbocycles. The Balaban J connectivity index is 2.05. The Morgan fingerprint density at radius 3 is 2.79 bits per heavy atom. The van der Waals surface area contributed by atoms with Crippen molar-refractivity contribution in [2.45, 2.75) is 32.4 Å². The zero-order chi connectivity index (χ0) is 14.0. The maximum Gasteiger partial charge on any atom is 0.165 e. The van der Waals surface area contributed by atoms with Crippen molar-refractivity contribution in [2.75, 3.05) is 6.61 Å². The van der Waals surface area contributed by atoms with E-state index in [0.717, 1.165) is 28.2 Å². The molecule has 0 atom stereocenters. The standard InChI is InChI=1S/C12H17BrClN3OSi/c1-19(2,3)5-4-18-8-17-7-10(13)9-6-11(14)15-16-12(9)17/h6-7H,4-5,8H2,1-3H3. The Labute approximate surface area is 127 Å². The van der Waals surface area contributed by atoms with E-state index in [-0.39, 0.29) is 0 Å². The van der Waals surface area contributed by atoms with Crippen molar-refractivity contribution in [3.63, 3.8) is 0 Å². The van der Waals surface area contributed by atoms with Gasteiger partial charge in [0, 0.05) is 30.7 Å². The van der Waals surface area contributed by atoms with Crippen molar-refractivity contribution < 1.29 is 4.74 Å². The van der Waals surface area contributed by atoms with Gasteiger partial charge in [-0.1, -0.05) is 31.2 Å². The van der Waals surface area contributed by atoms with Gasteiger partial charge < -0.3 is 9.30 Å². The topological polar surface area (TPSA) is 39.9 Å². The van der Waals surface area contributed by atoms with Gasteiger partial charge >= 0.3 is 0 Å². The Morgan fingerprint density at radius 1 is 1.37 bits per heavy atom. The number of ether oxygens (including phenoxy) is 1. The third kappa shape index (κ3) is 4.01. The SMILES string of the molecule is C[Si](C)(C)CCOCn1cc(Br)c2cc(Cl)nnc21. The van der Waals surface area contributed by atoms with Crippen LogP contribution in [0.15, 0.2) is 16.7 Å². The van der Waals surface area contributed by atoms with E-state index in [4.69, 9.17) is 16.3 Å². The summed E-state index contributed by atoms with van der Waals surface area (Å²) < 4.78 is 8.61. The summed E-state index contributed by atoms with van der Waals surface area (Å²) in [6.07, 6.45) is 1.95. The van der Waals surface area contributed by atoms with Crippen molar-refractivity contribution in [3.05, 3.63) is 21.9 Å². The average molecular weight is 363 g/mol. The zero-order valence-corrected chi connectivity index (χ0v) is 14.6. The molecule has 19 heavy (non-hydrogen) atoms. The molecule has 0 fully saturated rings. The number of hydrogen-bond donors (Lipinski definition) is 0. The summed E-state index contributed by atoms with van der Waals surface area (Å²) in [4.78, 5) is 0. The van der Waals surface area contributed by atoms with E-state index in [2.05, 4.69) is 45.8 Å². The van der Waals surface area contributed by atoms with Gasteiger partial charge in [0.25, 0.3) is 0 Å². The van der Waals surface area contributed by atoms with Crippen molar-refractivity contribution in [1.82, 2.24) is 14.8 Å². The summed E-state index contributed by atoms with van der Waals surface area (Å²) in [5.74, 6) is 0. The lowest BCUT2D eigenvalue weighted by atomic mass is 10.4. The second-order valence-electron chi connectivity index (χ2n) is 5.70. The molecule has 2 rings (SSSR count). The van der Waals surface area contributed by atoms with Crippen LogP contribution in [-0.2, 0) is 11.5 Å². The van der Waals surface area contributed by atoms with Crippen LogP contribution in [0.2, 0.25) is 30.8 Å². The molecule has 0 bridgehead atoms. The molecule has 2 aromatic rings. The molecule has 0 aliphatic carbocycles. The zero-order valence-electron chi connectivity index (χ0n) is 11.3. The Kier molecular flexibility index (Phi) is 4.65. The highest BCUT2D eigenvalue weighted by Gasteiger charge is 2.13. The minimum atomic E-state index is -1.04. The predicted octanol–water partition coefficient (Wildman–Crippen LogP) is 4.16. The van der Waals surface area contributed by atoms with Crippen molar-refractivity contribution >= 4 is 46.6 Å². The van der Waals surface area contributed by atoms with Crippen LogP contribution in [0.4, 0.5) is 0 Å². The van der Waals surface area contributed by atoms with Gasteiger partial charge in [-0.2, -0.15) is 0 Å². The molecule has 0 aliphatic heterocycles. The first-order chi connectivity index (χ1) is 8.87. The first kappa shape index (κ1) is 15.0. The van der Waals surface area contributed by atoms with Crippen LogP contribution in [0, 0.1) is 0 Å². The molecule has 0 N–H and O–H groups in total. The van der Waals surface area contributed by atoms with E-state index in [9.17, 15) is 0 Å². The molecule has 0 saturated carbocycles. The Morgan fingerprint density at radius 2 is 2.11 bits per heavy atom. The van der Waals surface area contributed by atoms with Gasteiger partial charge in [-0.25, -0.2) is 0 Å². The van der Waals surface area contributed by atoms with E-state index in [1.165, 1.54) is 0 Å². The van der Waals surface area contributed by atoms with Crippen LogP contribution >= 0.6 is 27.5 Å². The lowest BCUT2D eigenvalue weighted by Gasteiger charge is -2.15. The first-order valence-corrected chi connectivity index (χ1v) is 11.0. The van der Waals surface area contributed by atoms with Crippen LogP contribution in [-0.4, -0.2) is 29.4 Å². The number of nitrogens with zero attached hydrogens (tertiary/aromatic N) is 3. The average Bonchev–Trinajstić information content (AvgIpc) is 2.60. The molecule has 0 saturated heterocycles. The predicted molar refractivity (Wildman–Crippen MR) is 84.3 cm³/mol. The molecule has 0 aliphatic rings. The third-order valence-electron chi connectivity index (χ3n) is 2.77. The van der Waals surface area contributed by atoms with E-state index in [1.54, 1.807) is 6.07 Å². The largest absolute Gasteiger partial charge is 0.361 e. The normalized spacial score (nSPS) is 12.3. The highest BCUT2D eigenvalue weighted by atomic mass is 79.9. The van der Waals surface area contributed by atoms with Gasteiger partial charge in [0.2, 0.25) is 0 Å². The molecular formula is C12H17BrClN3OSi. The van der Waals surface area contributed by atoms with E-state index < -0.39 is 8.07 Å². The first-order valence-electron chi connectivity index (χ1n) is 6.12. The van der Waals surface area contributed by atoms with Crippen LogP contribution in [0.5, 0.6) is 0 Å². The summed E-state index contributed by atoms with van der Waals surface area (Å²) in [5, 5.41) is 9.33. The number of hydrogen-bond acceptors (Lipinski definition) is 3. The van der Waals surface area contributed by atoms with Gasteiger partial charge in [-0.05, 0) is 28.0 Å². The summed E-state index contributed by atoms with van der Waals surface area (Å²) in [6.45, 7) is 8.29. The molecule has 0 spiro atoms. The fourth-order valence-electron chi connectivity index (χ4n) is 1.66. The summed E-state index contributed by atoms with van der Waals surface area (Å²) >= 11 is 9.34. The molecule has 0 radical (unpaired) electrons. The van der Waals surface area contributed by atoms with Crippen LogP contribution < -0.4 is 0 Å². The Hall–Kier alpha value is -0.433. The molecule has 0 amide bonds. The van der Waals surface area contributed by atoms with E-state index in [0.29, 0.717) is 11.9 Å². The molecule has 0 unspecified atom stereocenters. The lowest BCUT2D eigenvalue weighted by molar-refractivity contribution is 0.0897. The maximum atomic E-state index is 5.85. The fraction of sp³-hybridized carbons (Fsp3) is 0.500. The highest BCUT2D eigenvalue weighted by molar-refractivity contribution is 9.10. The smallest absolute Gasteiger partial charge is 0.165 e. The summed E-state index contributed by atoms with van der Waals surface area (Å²) in [7, 11) is -1.04. The van der Waals surface area contributed by atoms with Crippen molar-refractivity contribution in [3.8, 4) is 0 Å². The third-order valence-corrected chi connectivity index (χ3v) is 5.29. The van der Waals surface area contributed by atoms with E-state index >= 15 is 0 Å². The summed E-state index contributed by atoms with van der Waals surface area (Å²) in [6, 6.07) is 2.96. The fourth-order valence-corrected chi connectivity index (χ4v) is 3.10. The van der Waals surface area contributed by atoms with Crippen LogP contribution in [0.1, 0.15) is 0 Å². The molecule has 2 heterocycles.